The van der Waals surface area contributed by atoms with Gasteiger partial charge >= 0.3 is 0 Å². The zero-order valence-corrected chi connectivity index (χ0v) is 12.9. The SMILES string of the molecule is CCC(N)Cc1ccc(N(C)c2ccccc2C)c(F)c1. The highest BCUT2D eigenvalue weighted by atomic mass is 19.1. The van der Waals surface area contributed by atoms with E-state index >= 15 is 0 Å². The summed E-state index contributed by atoms with van der Waals surface area (Å²) in [5.41, 5.74) is 9.59. The molecule has 112 valence electrons. The molecule has 21 heavy (non-hydrogen) atoms. The molecule has 0 aliphatic heterocycles. The lowest BCUT2D eigenvalue weighted by molar-refractivity contribution is 0.614. The van der Waals surface area contributed by atoms with Crippen LogP contribution in [0.2, 0.25) is 0 Å². The number of nitrogens with zero attached hydrogens (tertiary/aromatic N) is 1. The van der Waals surface area contributed by atoms with E-state index in [0.29, 0.717) is 12.1 Å². The second kappa shape index (κ2) is 6.72. The summed E-state index contributed by atoms with van der Waals surface area (Å²) < 4.78 is 14.4. The average molecular weight is 286 g/mol. The summed E-state index contributed by atoms with van der Waals surface area (Å²) in [6.07, 6.45) is 1.61. The standard InChI is InChI=1S/C18H23FN2/c1-4-15(20)11-14-9-10-18(16(19)12-14)21(3)17-8-6-5-7-13(17)2/h5-10,12,15H,4,11,20H2,1-3H3. The minimum atomic E-state index is -0.207. The Morgan fingerprint density at radius 2 is 1.86 bits per heavy atom. The Kier molecular flexibility index (Phi) is 4.97. The number of benzene rings is 2. The molecule has 0 spiro atoms. The third-order valence-corrected chi connectivity index (χ3v) is 3.87. The number of hydrogen-bond donors (Lipinski definition) is 1. The first kappa shape index (κ1) is 15.5. The molecule has 0 heterocycles. The van der Waals surface area contributed by atoms with E-state index in [4.69, 9.17) is 5.73 Å². The van der Waals surface area contributed by atoms with Crippen LogP contribution in [0.25, 0.3) is 0 Å². The Balaban J connectivity index is 2.27. The van der Waals surface area contributed by atoms with E-state index in [9.17, 15) is 4.39 Å². The lowest BCUT2D eigenvalue weighted by atomic mass is 10.0. The third-order valence-electron chi connectivity index (χ3n) is 3.87. The van der Waals surface area contributed by atoms with Crippen molar-refractivity contribution in [1.82, 2.24) is 0 Å². The number of nitrogens with two attached hydrogens (primary N) is 1. The lowest BCUT2D eigenvalue weighted by Crippen LogP contribution is -2.21. The molecule has 2 rings (SSSR count). The van der Waals surface area contributed by atoms with Crippen molar-refractivity contribution in [3.63, 3.8) is 0 Å². The molecule has 1 atom stereocenters. The van der Waals surface area contributed by atoms with Crippen molar-refractivity contribution in [2.24, 2.45) is 5.73 Å². The molecule has 2 aromatic carbocycles. The summed E-state index contributed by atoms with van der Waals surface area (Å²) in [6.45, 7) is 4.07. The van der Waals surface area contributed by atoms with Gasteiger partial charge in [0, 0.05) is 18.8 Å². The van der Waals surface area contributed by atoms with E-state index in [1.165, 1.54) is 0 Å². The molecule has 0 bridgehead atoms. The number of anilines is 2. The van der Waals surface area contributed by atoms with E-state index < -0.39 is 0 Å². The largest absolute Gasteiger partial charge is 0.342 e. The Bertz CT molecular complexity index is 610. The summed E-state index contributed by atoms with van der Waals surface area (Å²) in [5, 5.41) is 0. The monoisotopic (exact) mass is 286 g/mol. The van der Waals surface area contributed by atoms with Crippen LogP contribution < -0.4 is 10.6 Å². The number of aryl methyl sites for hydroxylation is 1. The van der Waals surface area contributed by atoms with Gasteiger partial charge in [-0.25, -0.2) is 4.39 Å². The normalized spacial score (nSPS) is 12.2. The summed E-state index contributed by atoms with van der Waals surface area (Å²) >= 11 is 0. The van der Waals surface area contributed by atoms with Crippen molar-refractivity contribution in [1.29, 1.82) is 0 Å². The van der Waals surface area contributed by atoms with E-state index in [2.05, 4.69) is 0 Å². The number of rotatable bonds is 5. The maximum Gasteiger partial charge on any atom is 0.147 e. The van der Waals surface area contributed by atoms with Gasteiger partial charge < -0.3 is 10.6 Å². The van der Waals surface area contributed by atoms with Crippen LogP contribution in [-0.4, -0.2) is 13.1 Å². The maximum absolute atomic E-state index is 14.4. The molecule has 0 saturated carbocycles. The van der Waals surface area contributed by atoms with Crippen molar-refractivity contribution in [2.45, 2.75) is 32.7 Å². The zero-order chi connectivity index (χ0) is 15.4. The van der Waals surface area contributed by atoms with Crippen LogP contribution in [0.1, 0.15) is 24.5 Å². The maximum atomic E-state index is 14.4. The molecule has 2 aromatic rings. The van der Waals surface area contributed by atoms with E-state index in [-0.39, 0.29) is 11.9 Å². The van der Waals surface area contributed by atoms with E-state index in [1.54, 1.807) is 6.07 Å². The topological polar surface area (TPSA) is 29.3 Å². The molecule has 0 aliphatic rings. The summed E-state index contributed by atoms with van der Waals surface area (Å²) in [4.78, 5) is 1.88. The van der Waals surface area contributed by atoms with Crippen LogP contribution >= 0.6 is 0 Å². The first-order valence-electron chi connectivity index (χ1n) is 7.36. The van der Waals surface area contributed by atoms with Crippen LogP contribution in [0.3, 0.4) is 0 Å². The molecule has 2 nitrogen and oxygen atoms in total. The first-order chi connectivity index (χ1) is 10.0. The van der Waals surface area contributed by atoms with Crippen molar-refractivity contribution in [3.05, 3.63) is 59.4 Å². The van der Waals surface area contributed by atoms with Gasteiger partial charge in [0.1, 0.15) is 5.82 Å². The zero-order valence-electron chi connectivity index (χ0n) is 12.9. The van der Waals surface area contributed by atoms with Gasteiger partial charge in [0.2, 0.25) is 0 Å². The van der Waals surface area contributed by atoms with Crippen molar-refractivity contribution >= 4 is 11.4 Å². The third kappa shape index (κ3) is 3.61. The highest BCUT2D eigenvalue weighted by Crippen LogP contribution is 2.29. The average Bonchev–Trinajstić information content (AvgIpc) is 2.47. The van der Waals surface area contributed by atoms with Gasteiger partial charge in [0.15, 0.2) is 0 Å². The van der Waals surface area contributed by atoms with E-state index in [1.807, 2.05) is 62.2 Å². The molecule has 2 N–H and O–H groups in total. The second-order valence-corrected chi connectivity index (χ2v) is 5.50. The van der Waals surface area contributed by atoms with Crippen molar-refractivity contribution in [3.8, 4) is 0 Å². The summed E-state index contributed by atoms with van der Waals surface area (Å²) in [5.74, 6) is -0.207. The molecular weight excluding hydrogens is 263 g/mol. The molecule has 0 aliphatic carbocycles. The van der Waals surface area contributed by atoms with Gasteiger partial charge in [-0.05, 0) is 49.1 Å². The molecule has 0 fully saturated rings. The van der Waals surface area contributed by atoms with Crippen LogP contribution in [0.15, 0.2) is 42.5 Å². The van der Waals surface area contributed by atoms with Crippen LogP contribution in [0, 0.1) is 12.7 Å². The summed E-state index contributed by atoms with van der Waals surface area (Å²) in [7, 11) is 1.89. The summed E-state index contributed by atoms with van der Waals surface area (Å²) in [6, 6.07) is 13.4. The van der Waals surface area contributed by atoms with Crippen molar-refractivity contribution in [2.75, 3.05) is 11.9 Å². The fourth-order valence-electron chi connectivity index (χ4n) is 2.47. The molecular formula is C18H23FN2. The minimum Gasteiger partial charge on any atom is -0.342 e. The second-order valence-electron chi connectivity index (χ2n) is 5.50. The predicted molar refractivity (Wildman–Crippen MR) is 87.6 cm³/mol. The molecule has 0 radical (unpaired) electrons. The smallest absolute Gasteiger partial charge is 0.147 e. The predicted octanol–water partition coefficient (Wildman–Crippen LogP) is 4.18. The molecule has 0 saturated heterocycles. The highest BCUT2D eigenvalue weighted by Gasteiger charge is 2.12. The first-order valence-corrected chi connectivity index (χ1v) is 7.36. The quantitative estimate of drug-likeness (QED) is 0.893. The molecule has 3 heteroatoms. The number of para-hydroxylation sites is 1. The molecule has 1 unspecified atom stereocenters. The van der Waals surface area contributed by atoms with Crippen LogP contribution in [-0.2, 0) is 6.42 Å². The Hall–Kier alpha value is -1.87. The minimum absolute atomic E-state index is 0.0874. The van der Waals surface area contributed by atoms with Crippen LogP contribution in [0.4, 0.5) is 15.8 Å². The van der Waals surface area contributed by atoms with Gasteiger partial charge in [-0.2, -0.15) is 0 Å². The van der Waals surface area contributed by atoms with Gasteiger partial charge in [0.05, 0.1) is 5.69 Å². The van der Waals surface area contributed by atoms with Gasteiger partial charge in [0.25, 0.3) is 0 Å². The highest BCUT2D eigenvalue weighted by molar-refractivity contribution is 5.66. The lowest BCUT2D eigenvalue weighted by Gasteiger charge is -2.22. The number of hydrogen-bond acceptors (Lipinski definition) is 2. The molecule has 0 aromatic heterocycles. The van der Waals surface area contributed by atoms with Gasteiger partial charge in [-0.3, -0.25) is 0 Å². The van der Waals surface area contributed by atoms with Gasteiger partial charge in [-0.1, -0.05) is 31.2 Å². The Morgan fingerprint density at radius 3 is 2.48 bits per heavy atom. The Morgan fingerprint density at radius 1 is 1.14 bits per heavy atom. The number of halogens is 1. The van der Waals surface area contributed by atoms with E-state index in [0.717, 1.165) is 23.2 Å². The fourth-order valence-corrected chi connectivity index (χ4v) is 2.47. The molecule has 0 amide bonds. The fraction of sp³-hybridized carbons (Fsp3) is 0.333. The van der Waals surface area contributed by atoms with Crippen LogP contribution in [0.5, 0.6) is 0 Å². The van der Waals surface area contributed by atoms with Gasteiger partial charge in [-0.15, -0.1) is 0 Å². The van der Waals surface area contributed by atoms with Crippen molar-refractivity contribution < 1.29 is 4.39 Å². The Labute approximate surface area is 126 Å².